The normalized spacial score (nSPS) is 10.2. The lowest BCUT2D eigenvalue weighted by Crippen LogP contribution is -2.13. The Morgan fingerprint density at radius 2 is 2.35 bits per heavy atom. The number of carbonyl (C=O) groups is 1. The maximum Gasteiger partial charge on any atom is 0.227 e. The van der Waals surface area contributed by atoms with E-state index in [1.54, 1.807) is 12.1 Å². The number of nitrogens with zero attached hydrogens (tertiary/aromatic N) is 2. The summed E-state index contributed by atoms with van der Waals surface area (Å²) in [6, 6.07) is 6.20. The predicted molar refractivity (Wildman–Crippen MR) is 59.7 cm³/mol. The molecule has 0 aliphatic heterocycles. The lowest BCUT2D eigenvalue weighted by molar-refractivity contribution is -0.116. The highest BCUT2D eigenvalue weighted by atomic mass is 19.1. The fraction of sp³-hybridized carbons (Fsp3) is 0.182. The van der Waals surface area contributed by atoms with E-state index in [0.29, 0.717) is 12.4 Å². The van der Waals surface area contributed by atoms with E-state index in [2.05, 4.69) is 20.5 Å². The van der Waals surface area contributed by atoms with E-state index in [1.165, 1.54) is 18.5 Å². The highest BCUT2D eigenvalue weighted by Crippen LogP contribution is 2.06. The Kier molecular flexibility index (Phi) is 3.44. The highest BCUT2D eigenvalue weighted by molar-refractivity contribution is 5.88. The van der Waals surface area contributed by atoms with Gasteiger partial charge in [-0.15, -0.1) is 0 Å². The van der Waals surface area contributed by atoms with Crippen LogP contribution >= 0.6 is 0 Å². The van der Waals surface area contributed by atoms with E-state index in [-0.39, 0.29) is 18.1 Å². The number of carbonyl (C=O) groups excluding carboxylic acids is 1. The topological polar surface area (TPSA) is 70.7 Å². The summed E-state index contributed by atoms with van der Waals surface area (Å²) < 4.78 is 12.9. The van der Waals surface area contributed by atoms with Gasteiger partial charge in [0.1, 0.15) is 12.1 Å². The van der Waals surface area contributed by atoms with Crippen molar-refractivity contribution in [3.63, 3.8) is 0 Å². The molecule has 2 N–H and O–H groups in total. The second-order valence-corrected chi connectivity index (χ2v) is 3.51. The van der Waals surface area contributed by atoms with Crippen LogP contribution < -0.4 is 5.32 Å². The van der Waals surface area contributed by atoms with Crippen LogP contribution in [0.3, 0.4) is 0 Å². The van der Waals surface area contributed by atoms with Crippen molar-refractivity contribution < 1.29 is 9.18 Å². The minimum atomic E-state index is -0.293. The third-order valence-electron chi connectivity index (χ3n) is 2.20. The Bertz CT molecular complexity index is 498. The van der Waals surface area contributed by atoms with Gasteiger partial charge in [-0.1, -0.05) is 12.1 Å². The van der Waals surface area contributed by atoms with E-state index in [9.17, 15) is 9.18 Å². The van der Waals surface area contributed by atoms with Gasteiger partial charge in [-0.2, -0.15) is 10.1 Å². The molecule has 0 saturated heterocycles. The first-order valence-electron chi connectivity index (χ1n) is 5.14. The van der Waals surface area contributed by atoms with Crippen LogP contribution in [0.4, 0.5) is 10.3 Å². The molecule has 0 fully saturated rings. The van der Waals surface area contributed by atoms with Crippen molar-refractivity contribution in [3.05, 3.63) is 42.0 Å². The molecule has 0 spiro atoms. The van der Waals surface area contributed by atoms with Crippen molar-refractivity contribution >= 4 is 11.9 Å². The zero-order valence-electron chi connectivity index (χ0n) is 8.98. The van der Waals surface area contributed by atoms with Gasteiger partial charge in [0.2, 0.25) is 11.9 Å². The molecule has 5 nitrogen and oxygen atoms in total. The van der Waals surface area contributed by atoms with Gasteiger partial charge in [0, 0.05) is 6.42 Å². The first-order valence-corrected chi connectivity index (χ1v) is 5.14. The molecule has 0 unspecified atom stereocenters. The summed E-state index contributed by atoms with van der Waals surface area (Å²) in [5.41, 5.74) is 0.790. The largest absolute Gasteiger partial charge is 0.295 e. The Hall–Kier alpha value is -2.24. The molecule has 0 aliphatic carbocycles. The van der Waals surface area contributed by atoms with Crippen LogP contribution in [0.15, 0.2) is 30.6 Å². The van der Waals surface area contributed by atoms with Crippen LogP contribution in [0.1, 0.15) is 12.0 Å². The number of hydrogen-bond donors (Lipinski definition) is 2. The third kappa shape index (κ3) is 3.37. The smallest absolute Gasteiger partial charge is 0.227 e. The number of aromatic amines is 1. The molecule has 0 atom stereocenters. The number of anilines is 1. The Balaban J connectivity index is 1.84. The number of aryl methyl sites for hydroxylation is 1. The molecule has 0 bridgehead atoms. The van der Waals surface area contributed by atoms with E-state index < -0.39 is 0 Å². The van der Waals surface area contributed by atoms with Crippen LogP contribution in [0.25, 0.3) is 0 Å². The minimum Gasteiger partial charge on any atom is -0.295 e. The molecule has 2 rings (SSSR count). The number of H-pyrrole nitrogens is 1. The molecule has 88 valence electrons. The first-order chi connectivity index (χ1) is 8.24. The van der Waals surface area contributed by atoms with Gasteiger partial charge in [-0.25, -0.2) is 9.49 Å². The Labute approximate surface area is 97.1 Å². The summed E-state index contributed by atoms with van der Waals surface area (Å²) in [4.78, 5) is 15.2. The zero-order valence-corrected chi connectivity index (χ0v) is 8.98. The van der Waals surface area contributed by atoms with E-state index in [0.717, 1.165) is 5.56 Å². The molecule has 0 aliphatic rings. The second-order valence-electron chi connectivity index (χ2n) is 3.51. The first kappa shape index (κ1) is 11.3. The van der Waals surface area contributed by atoms with Crippen molar-refractivity contribution in [2.45, 2.75) is 12.8 Å². The molecule has 2 aromatic rings. The molecule has 1 amide bonds. The number of benzene rings is 1. The molecular weight excluding hydrogens is 223 g/mol. The van der Waals surface area contributed by atoms with Crippen LogP contribution in [0, 0.1) is 5.82 Å². The number of hydrogen-bond acceptors (Lipinski definition) is 3. The average molecular weight is 234 g/mol. The van der Waals surface area contributed by atoms with Crippen molar-refractivity contribution in [1.82, 2.24) is 15.2 Å². The molecular formula is C11H11FN4O. The van der Waals surface area contributed by atoms with Crippen molar-refractivity contribution in [2.75, 3.05) is 5.32 Å². The number of rotatable bonds is 4. The lowest BCUT2D eigenvalue weighted by atomic mass is 10.1. The molecule has 1 heterocycles. The minimum absolute atomic E-state index is 0.189. The SMILES string of the molecule is O=C(CCc1cccc(F)c1)Nc1ncn[nH]1. The van der Waals surface area contributed by atoms with Gasteiger partial charge in [-0.3, -0.25) is 10.1 Å². The van der Waals surface area contributed by atoms with Gasteiger partial charge < -0.3 is 0 Å². The summed E-state index contributed by atoms with van der Waals surface area (Å²) in [6.07, 6.45) is 2.06. The lowest BCUT2D eigenvalue weighted by Gasteiger charge is -2.02. The van der Waals surface area contributed by atoms with Gasteiger partial charge in [0.05, 0.1) is 0 Å². The van der Waals surface area contributed by atoms with E-state index in [4.69, 9.17) is 0 Å². The molecule has 0 radical (unpaired) electrons. The number of amides is 1. The summed E-state index contributed by atoms with van der Waals surface area (Å²) in [7, 11) is 0. The van der Waals surface area contributed by atoms with Crippen molar-refractivity contribution in [3.8, 4) is 0 Å². The van der Waals surface area contributed by atoms with Crippen LogP contribution in [0.5, 0.6) is 0 Å². The van der Waals surface area contributed by atoms with Gasteiger partial charge in [0.25, 0.3) is 0 Å². The quantitative estimate of drug-likeness (QED) is 0.842. The van der Waals surface area contributed by atoms with E-state index in [1.807, 2.05) is 0 Å². The number of halogens is 1. The van der Waals surface area contributed by atoms with Gasteiger partial charge in [-0.05, 0) is 24.1 Å². The number of aromatic nitrogens is 3. The summed E-state index contributed by atoms with van der Waals surface area (Å²) in [5, 5.41) is 8.67. The van der Waals surface area contributed by atoms with Crippen LogP contribution in [0.2, 0.25) is 0 Å². The fourth-order valence-corrected chi connectivity index (χ4v) is 1.41. The maximum atomic E-state index is 12.9. The van der Waals surface area contributed by atoms with Gasteiger partial charge >= 0.3 is 0 Å². The summed E-state index contributed by atoms with van der Waals surface area (Å²) in [5.74, 6) is -0.168. The molecule has 17 heavy (non-hydrogen) atoms. The van der Waals surface area contributed by atoms with Gasteiger partial charge in [0.15, 0.2) is 0 Å². The molecule has 1 aromatic heterocycles. The second kappa shape index (κ2) is 5.20. The number of nitrogens with one attached hydrogen (secondary N) is 2. The predicted octanol–water partition coefficient (Wildman–Crippen LogP) is 1.52. The van der Waals surface area contributed by atoms with Crippen LogP contribution in [-0.4, -0.2) is 21.1 Å². The molecule has 6 heteroatoms. The monoisotopic (exact) mass is 234 g/mol. The Morgan fingerprint density at radius 3 is 3.06 bits per heavy atom. The molecule has 0 saturated carbocycles. The van der Waals surface area contributed by atoms with Crippen molar-refractivity contribution in [1.29, 1.82) is 0 Å². The molecule has 1 aromatic carbocycles. The highest BCUT2D eigenvalue weighted by Gasteiger charge is 2.05. The maximum absolute atomic E-state index is 12.9. The third-order valence-corrected chi connectivity index (χ3v) is 2.20. The van der Waals surface area contributed by atoms with E-state index >= 15 is 0 Å². The summed E-state index contributed by atoms with van der Waals surface area (Å²) >= 11 is 0. The summed E-state index contributed by atoms with van der Waals surface area (Å²) in [6.45, 7) is 0. The Morgan fingerprint density at radius 1 is 1.47 bits per heavy atom. The van der Waals surface area contributed by atoms with Crippen molar-refractivity contribution in [2.24, 2.45) is 0 Å². The zero-order chi connectivity index (χ0) is 12.1. The van der Waals surface area contributed by atoms with Crippen LogP contribution in [-0.2, 0) is 11.2 Å². The fourth-order valence-electron chi connectivity index (χ4n) is 1.41. The standard InChI is InChI=1S/C11H11FN4O/c12-9-3-1-2-8(6-9)4-5-10(17)15-11-13-7-14-16-11/h1-3,6-7H,4-5H2,(H2,13,14,15,16,17). The average Bonchev–Trinajstić information content (AvgIpc) is 2.79.